The summed E-state index contributed by atoms with van der Waals surface area (Å²) in [5, 5.41) is 0. The fraction of sp³-hybridized carbons (Fsp3) is 0.500. The van der Waals surface area contributed by atoms with Crippen molar-refractivity contribution in [2.75, 3.05) is 7.05 Å². The van der Waals surface area contributed by atoms with Gasteiger partial charge in [0.15, 0.2) is 0 Å². The van der Waals surface area contributed by atoms with E-state index >= 15 is 0 Å². The fourth-order valence-corrected chi connectivity index (χ4v) is 2.44. The van der Waals surface area contributed by atoms with Crippen LogP contribution in [0.5, 0.6) is 0 Å². The summed E-state index contributed by atoms with van der Waals surface area (Å²) in [6.45, 7) is 0.521. The Morgan fingerprint density at radius 2 is 1.83 bits per heavy atom. The number of nitrogens with two attached hydrogens (primary N) is 1. The SMILES string of the molecule is CN(C(=O)c1ccc(CN)cc1)C1CCCC1.Cl. The Labute approximate surface area is 115 Å². The van der Waals surface area contributed by atoms with Crippen molar-refractivity contribution in [2.45, 2.75) is 38.3 Å². The molecule has 1 aliphatic carbocycles. The van der Waals surface area contributed by atoms with Gasteiger partial charge in [-0.15, -0.1) is 12.4 Å². The van der Waals surface area contributed by atoms with Crippen LogP contribution in [0.2, 0.25) is 0 Å². The number of hydrogen-bond acceptors (Lipinski definition) is 2. The van der Waals surface area contributed by atoms with Crippen LogP contribution in [0.15, 0.2) is 24.3 Å². The van der Waals surface area contributed by atoms with Gasteiger partial charge in [-0.3, -0.25) is 4.79 Å². The third kappa shape index (κ3) is 3.24. The number of carbonyl (C=O) groups excluding carboxylic acids is 1. The molecule has 2 rings (SSSR count). The molecule has 1 amide bonds. The van der Waals surface area contributed by atoms with Crippen LogP contribution in [0.25, 0.3) is 0 Å². The first kappa shape index (κ1) is 15.0. The van der Waals surface area contributed by atoms with Gasteiger partial charge in [-0.2, -0.15) is 0 Å². The molecule has 0 saturated heterocycles. The highest BCUT2D eigenvalue weighted by Gasteiger charge is 2.23. The molecule has 0 spiro atoms. The molecule has 0 unspecified atom stereocenters. The second-order valence-electron chi connectivity index (χ2n) is 4.76. The highest BCUT2D eigenvalue weighted by Crippen LogP contribution is 2.23. The van der Waals surface area contributed by atoms with Gasteiger partial charge >= 0.3 is 0 Å². The molecular formula is C14H21ClN2O. The molecule has 1 fully saturated rings. The Bertz CT molecular complexity index is 385. The Balaban J connectivity index is 0.00000162. The van der Waals surface area contributed by atoms with E-state index in [1.165, 1.54) is 12.8 Å². The molecule has 100 valence electrons. The zero-order chi connectivity index (χ0) is 12.3. The van der Waals surface area contributed by atoms with E-state index in [9.17, 15) is 4.79 Å². The smallest absolute Gasteiger partial charge is 0.253 e. The van der Waals surface area contributed by atoms with Crippen LogP contribution in [0.4, 0.5) is 0 Å². The molecule has 4 heteroatoms. The predicted octanol–water partition coefficient (Wildman–Crippen LogP) is 2.58. The van der Waals surface area contributed by atoms with E-state index < -0.39 is 0 Å². The predicted molar refractivity (Wildman–Crippen MR) is 75.9 cm³/mol. The van der Waals surface area contributed by atoms with Crippen LogP contribution >= 0.6 is 12.4 Å². The number of benzene rings is 1. The minimum absolute atomic E-state index is 0. The van der Waals surface area contributed by atoms with Crippen LogP contribution in [-0.4, -0.2) is 23.9 Å². The maximum absolute atomic E-state index is 12.2. The molecule has 0 aliphatic heterocycles. The third-order valence-electron chi connectivity index (χ3n) is 3.63. The molecule has 1 aromatic rings. The first-order chi connectivity index (χ1) is 8.22. The number of carbonyl (C=O) groups is 1. The second-order valence-corrected chi connectivity index (χ2v) is 4.76. The molecule has 1 saturated carbocycles. The molecule has 2 N–H and O–H groups in total. The van der Waals surface area contributed by atoms with Gasteiger partial charge in [0.1, 0.15) is 0 Å². The average molecular weight is 269 g/mol. The van der Waals surface area contributed by atoms with Crippen molar-refractivity contribution in [1.82, 2.24) is 4.90 Å². The summed E-state index contributed by atoms with van der Waals surface area (Å²) >= 11 is 0. The Morgan fingerprint density at radius 3 is 2.33 bits per heavy atom. The second kappa shape index (κ2) is 6.76. The van der Waals surface area contributed by atoms with Gasteiger partial charge in [-0.1, -0.05) is 25.0 Å². The van der Waals surface area contributed by atoms with Crippen molar-refractivity contribution in [3.63, 3.8) is 0 Å². The number of amides is 1. The highest BCUT2D eigenvalue weighted by atomic mass is 35.5. The van der Waals surface area contributed by atoms with Gasteiger partial charge in [0.05, 0.1) is 0 Å². The van der Waals surface area contributed by atoms with Crippen LogP contribution in [-0.2, 0) is 6.54 Å². The van der Waals surface area contributed by atoms with E-state index in [0.29, 0.717) is 12.6 Å². The topological polar surface area (TPSA) is 46.3 Å². The highest BCUT2D eigenvalue weighted by molar-refractivity contribution is 5.94. The molecule has 0 bridgehead atoms. The Morgan fingerprint density at radius 1 is 1.28 bits per heavy atom. The quantitative estimate of drug-likeness (QED) is 0.916. The molecule has 0 atom stereocenters. The van der Waals surface area contributed by atoms with Gasteiger partial charge < -0.3 is 10.6 Å². The minimum Gasteiger partial charge on any atom is -0.339 e. The van der Waals surface area contributed by atoms with E-state index in [4.69, 9.17) is 5.73 Å². The van der Waals surface area contributed by atoms with Crippen molar-refractivity contribution >= 4 is 18.3 Å². The zero-order valence-electron chi connectivity index (χ0n) is 10.8. The maximum Gasteiger partial charge on any atom is 0.253 e. The zero-order valence-corrected chi connectivity index (χ0v) is 11.6. The number of halogens is 1. The molecule has 1 aliphatic rings. The lowest BCUT2D eigenvalue weighted by Gasteiger charge is -2.24. The molecule has 3 nitrogen and oxygen atoms in total. The lowest BCUT2D eigenvalue weighted by atomic mass is 10.1. The summed E-state index contributed by atoms with van der Waals surface area (Å²) in [4.78, 5) is 14.1. The number of rotatable bonds is 3. The van der Waals surface area contributed by atoms with Gasteiger partial charge in [-0.25, -0.2) is 0 Å². The third-order valence-corrected chi connectivity index (χ3v) is 3.63. The van der Waals surface area contributed by atoms with Crippen molar-refractivity contribution in [1.29, 1.82) is 0 Å². The summed E-state index contributed by atoms with van der Waals surface area (Å²) in [6, 6.07) is 8.02. The largest absolute Gasteiger partial charge is 0.339 e. The van der Waals surface area contributed by atoms with Crippen molar-refractivity contribution in [3.8, 4) is 0 Å². The van der Waals surface area contributed by atoms with Gasteiger partial charge in [-0.05, 0) is 30.5 Å². The summed E-state index contributed by atoms with van der Waals surface area (Å²) < 4.78 is 0. The Kier molecular flexibility index (Phi) is 5.63. The molecule has 0 aromatic heterocycles. The summed E-state index contributed by atoms with van der Waals surface area (Å²) in [5.41, 5.74) is 7.36. The van der Waals surface area contributed by atoms with Gasteiger partial charge in [0.2, 0.25) is 0 Å². The fourth-order valence-electron chi connectivity index (χ4n) is 2.44. The van der Waals surface area contributed by atoms with Crippen LogP contribution in [0.3, 0.4) is 0 Å². The Hall–Kier alpha value is -1.06. The lowest BCUT2D eigenvalue weighted by Crippen LogP contribution is -2.35. The molecule has 0 radical (unpaired) electrons. The van der Waals surface area contributed by atoms with E-state index in [1.807, 2.05) is 36.2 Å². The van der Waals surface area contributed by atoms with Crippen molar-refractivity contribution in [3.05, 3.63) is 35.4 Å². The maximum atomic E-state index is 12.2. The van der Waals surface area contributed by atoms with Crippen LogP contribution in [0.1, 0.15) is 41.6 Å². The van der Waals surface area contributed by atoms with Crippen molar-refractivity contribution < 1.29 is 4.79 Å². The summed E-state index contributed by atoms with van der Waals surface area (Å²) in [6.07, 6.45) is 4.77. The van der Waals surface area contributed by atoms with Gasteiger partial charge in [0.25, 0.3) is 5.91 Å². The standard InChI is InChI=1S/C14H20N2O.ClH/c1-16(13-4-2-3-5-13)14(17)12-8-6-11(10-15)7-9-12;/h6-9,13H,2-5,10,15H2,1H3;1H. The first-order valence-electron chi connectivity index (χ1n) is 6.28. The van der Waals surface area contributed by atoms with Crippen LogP contribution < -0.4 is 5.73 Å². The van der Waals surface area contributed by atoms with E-state index in [-0.39, 0.29) is 18.3 Å². The van der Waals surface area contributed by atoms with E-state index in [0.717, 1.165) is 24.0 Å². The minimum atomic E-state index is 0. The molecule has 1 aromatic carbocycles. The molecule has 18 heavy (non-hydrogen) atoms. The molecule has 0 heterocycles. The van der Waals surface area contributed by atoms with Crippen molar-refractivity contribution in [2.24, 2.45) is 5.73 Å². The van der Waals surface area contributed by atoms with Gasteiger partial charge in [0, 0.05) is 25.2 Å². The first-order valence-corrected chi connectivity index (χ1v) is 6.28. The lowest BCUT2D eigenvalue weighted by molar-refractivity contribution is 0.0735. The number of nitrogens with zero attached hydrogens (tertiary/aromatic N) is 1. The monoisotopic (exact) mass is 268 g/mol. The number of hydrogen-bond donors (Lipinski definition) is 1. The van der Waals surface area contributed by atoms with E-state index in [1.54, 1.807) is 0 Å². The summed E-state index contributed by atoms with van der Waals surface area (Å²) in [5.74, 6) is 0.125. The average Bonchev–Trinajstić information content (AvgIpc) is 2.91. The van der Waals surface area contributed by atoms with Crippen LogP contribution in [0, 0.1) is 0 Å². The summed E-state index contributed by atoms with van der Waals surface area (Å²) in [7, 11) is 1.91. The normalized spacial score (nSPS) is 15.2. The van der Waals surface area contributed by atoms with E-state index in [2.05, 4.69) is 0 Å². The molecular weight excluding hydrogens is 248 g/mol.